The van der Waals surface area contributed by atoms with Crippen molar-refractivity contribution in [2.75, 3.05) is 24.3 Å². The zero-order valence-corrected chi connectivity index (χ0v) is 12.7. The third kappa shape index (κ3) is 4.13. The van der Waals surface area contributed by atoms with Crippen molar-refractivity contribution in [1.29, 1.82) is 0 Å². The van der Waals surface area contributed by atoms with Crippen LogP contribution in [0.4, 0.5) is 11.4 Å². The zero-order valence-electron chi connectivity index (χ0n) is 11.9. The quantitative estimate of drug-likeness (QED) is 0.885. The van der Waals surface area contributed by atoms with E-state index >= 15 is 0 Å². The molecule has 21 heavy (non-hydrogen) atoms. The van der Waals surface area contributed by atoms with Gasteiger partial charge in [-0.15, -0.1) is 0 Å². The van der Waals surface area contributed by atoms with Crippen LogP contribution < -0.4 is 15.4 Å². The van der Waals surface area contributed by atoms with Gasteiger partial charge in [0.1, 0.15) is 5.75 Å². The molecule has 0 aliphatic rings. The first-order valence-corrected chi connectivity index (χ1v) is 6.91. The van der Waals surface area contributed by atoms with E-state index in [1.165, 1.54) is 0 Å². The van der Waals surface area contributed by atoms with Crippen molar-refractivity contribution < 1.29 is 9.53 Å². The number of halogens is 1. The van der Waals surface area contributed by atoms with Gasteiger partial charge in [-0.1, -0.05) is 29.8 Å². The first kappa shape index (κ1) is 15.2. The van der Waals surface area contributed by atoms with Gasteiger partial charge < -0.3 is 15.4 Å². The van der Waals surface area contributed by atoms with Crippen LogP contribution in [0.2, 0.25) is 5.02 Å². The monoisotopic (exact) mass is 304 g/mol. The molecule has 1 amide bonds. The highest BCUT2D eigenvalue weighted by Gasteiger charge is 2.08. The fraction of sp³-hybridized carbons (Fsp3) is 0.188. The van der Waals surface area contributed by atoms with Crippen molar-refractivity contribution >= 4 is 28.9 Å². The van der Waals surface area contributed by atoms with Crippen molar-refractivity contribution in [3.05, 3.63) is 53.1 Å². The molecule has 0 aliphatic carbocycles. The standard InChI is InChI=1S/C16H17ClN2O2/c1-11-8-14(15(21-2)9-13(11)17)18-10-16(20)19-12-6-4-3-5-7-12/h3-9,18H,10H2,1-2H3,(H,19,20). The number of hydrogen-bond acceptors (Lipinski definition) is 3. The molecule has 110 valence electrons. The molecular formula is C16H17ClN2O2. The maximum atomic E-state index is 11.9. The molecule has 0 aliphatic heterocycles. The second-order valence-corrected chi connectivity index (χ2v) is 4.98. The van der Waals surface area contributed by atoms with Gasteiger partial charge in [-0.3, -0.25) is 4.79 Å². The van der Waals surface area contributed by atoms with Crippen LogP contribution in [-0.2, 0) is 4.79 Å². The van der Waals surface area contributed by atoms with E-state index in [1.54, 1.807) is 13.2 Å². The summed E-state index contributed by atoms with van der Waals surface area (Å²) in [5, 5.41) is 6.49. The average Bonchev–Trinajstić information content (AvgIpc) is 2.49. The minimum Gasteiger partial charge on any atom is -0.495 e. The van der Waals surface area contributed by atoms with E-state index in [0.717, 1.165) is 16.9 Å². The lowest BCUT2D eigenvalue weighted by Gasteiger charge is -2.13. The maximum absolute atomic E-state index is 11.9. The fourth-order valence-electron chi connectivity index (χ4n) is 1.87. The van der Waals surface area contributed by atoms with Crippen LogP contribution in [0.3, 0.4) is 0 Å². The molecule has 0 aromatic heterocycles. The largest absolute Gasteiger partial charge is 0.495 e. The molecule has 0 unspecified atom stereocenters. The molecule has 0 saturated carbocycles. The Hall–Kier alpha value is -2.20. The van der Waals surface area contributed by atoms with Crippen LogP contribution in [-0.4, -0.2) is 19.6 Å². The normalized spacial score (nSPS) is 10.0. The molecule has 2 rings (SSSR count). The predicted molar refractivity (Wildman–Crippen MR) is 86.3 cm³/mol. The molecule has 0 bridgehead atoms. The van der Waals surface area contributed by atoms with Gasteiger partial charge in [0.15, 0.2) is 0 Å². The molecule has 0 fully saturated rings. The SMILES string of the molecule is COc1cc(Cl)c(C)cc1NCC(=O)Nc1ccccc1. The van der Waals surface area contributed by atoms with Crippen molar-refractivity contribution in [3.63, 3.8) is 0 Å². The number of methoxy groups -OCH3 is 1. The van der Waals surface area contributed by atoms with E-state index in [4.69, 9.17) is 16.3 Å². The molecule has 0 atom stereocenters. The first-order valence-electron chi connectivity index (χ1n) is 6.53. The van der Waals surface area contributed by atoms with Gasteiger partial charge >= 0.3 is 0 Å². The summed E-state index contributed by atoms with van der Waals surface area (Å²) in [5.41, 5.74) is 2.43. The number of carbonyl (C=O) groups is 1. The Bertz CT molecular complexity index is 630. The third-order valence-electron chi connectivity index (χ3n) is 2.98. The minimum atomic E-state index is -0.129. The van der Waals surface area contributed by atoms with Crippen LogP contribution in [0.25, 0.3) is 0 Å². The van der Waals surface area contributed by atoms with Crippen LogP contribution in [0.15, 0.2) is 42.5 Å². The second-order valence-electron chi connectivity index (χ2n) is 4.57. The number of rotatable bonds is 5. The Morgan fingerprint density at radius 1 is 1.24 bits per heavy atom. The molecule has 0 spiro atoms. The lowest BCUT2D eigenvalue weighted by Crippen LogP contribution is -2.21. The highest BCUT2D eigenvalue weighted by Crippen LogP contribution is 2.30. The fourth-order valence-corrected chi connectivity index (χ4v) is 2.03. The molecular weight excluding hydrogens is 288 g/mol. The zero-order chi connectivity index (χ0) is 15.2. The Kier molecular flexibility index (Phi) is 5.06. The lowest BCUT2D eigenvalue weighted by molar-refractivity contribution is -0.114. The summed E-state index contributed by atoms with van der Waals surface area (Å²) in [5.74, 6) is 0.481. The molecule has 2 aromatic rings. The Morgan fingerprint density at radius 2 is 1.95 bits per heavy atom. The number of carbonyl (C=O) groups excluding carboxylic acids is 1. The number of aryl methyl sites for hydroxylation is 1. The minimum absolute atomic E-state index is 0.129. The number of anilines is 2. The number of hydrogen-bond donors (Lipinski definition) is 2. The Morgan fingerprint density at radius 3 is 2.62 bits per heavy atom. The second kappa shape index (κ2) is 6.99. The third-order valence-corrected chi connectivity index (χ3v) is 3.38. The van der Waals surface area contributed by atoms with Crippen molar-refractivity contribution in [2.45, 2.75) is 6.92 Å². The van der Waals surface area contributed by atoms with Gasteiger partial charge in [0.05, 0.1) is 19.3 Å². The van der Waals surface area contributed by atoms with Gasteiger partial charge in [-0.25, -0.2) is 0 Å². The number of amides is 1. The van der Waals surface area contributed by atoms with Gasteiger partial charge in [-0.2, -0.15) is 0 Å². The average molecular weight is 305 g/mol. The van der Waals surface area contributed by atoms with E-state index < -0.39 is 0 Å². The first-order chi connectivity index (χ1) is 10.1. The van der Waals surface area contributed by atoms with E-state index in [9.17, 15) is 4.79 Å². The Balaban J connectivity index is 1.99. The van der Waals surface area contributed by atoms with E-state index in [0.29, 0.717) is 10.8 Å². The van der Waals surface area contributed by atoms with E-state index in [1.807, 2.05) is 43.3 Å². The molecule has 0 heterocycles. The van der Waals surface area contributed by atoms with Crippen molar-refractivity contribution in [2.24, 2.45) is 0 Å². The van der Waals surface area contributed by atoms with Crippen LogP contribution in [0, 0.1) is 6.92 Å². The summed E-state index contributed by atoms with van der Waals surface area (Å²) in [7, 11) is 1.57. The topological polar surface area (TPSA) is 50.4 Å². The maximum Gasteiger partial charge on any atom is 0.243 e. The summed E-state index contributed by atoms with van der Waals surface area (Å²) in [6.07, 6.45) is 0. The summed E-state index contributed by atoms with van der Waals surface area (Å²) in [6, 6.07) is 12.9. The highest BCUT2D eigenvalue weighted by atomic mass is 35.5. The molecule has 0 saturated heterocycles. The molecule has 0 radical (unpaired) electrons. The van der Waals surface area contributed by atoms with E-state index in [-0.39, 0.29) is 12.5 Å². The number of para-hydroxylation sites is 1. The van der Waals surface area contributed by atoms with Gasteiger partial charge in [0.2, 0.25) is 5.91 Å². The number of benzene rings is 2. The van der Waals surface area contributed by atoms with Crippen LogP contribution in [0.5, 0.6) is 5.75 Å². The number of nitrogens with one attached hydrogen (secondary N) is 2. The van der Waals surface area contributed by atoms with Crippen molar-refractivity contribution in [1.82, 2.24) is 0 Å². The molecule has 4 nitrogen and oxygen atoms in total. The lowest BCUT2D eigenvalue weighted by atomic mass is 10.2. The molecule has 5 heteroatoms. The van der Waals surface area contributed by atoms with Gasteiger partial charge in [0.25, 0.3) is 0 Å². The summed E-state index contributed by atoms with van der Waals surface area (Å²) >= 11 is 6.05. The van der Waals surface area contributed by atoms with Crippen molar-refractivity contribution in [3.8, 4) is 5.75 Å². The van der Waals surface area contributed by atoms with Crippen LogP contribution >= 0.6 is 11.6 Å². The summed E-state index contributed by atoms with van der Waals surface area (Å²) in [4.78, 5) is 11.9. The van der Waals surface area contributed by atoms with Crippen LogP contribution in [0.1, 0.15) is 5.56 Å². The predicted octanol–water partition coefficient (Wildman–Crippen LogP) is 3.71. The van der Waals surface area contributed by atoms with Gasteiger partial charge in [-0.05, 0) is 30.7 Å². The molecule has 2 aromatic carbocycles. The molecule has 2 N–H and O–H groups in total. The smallest absolute Gasteiger partial charge is 0.243 e. The Labute approximate surface area is 129 Å². The highest BCUT2D eigenvalue weighted by molar-refractivity contribution is 6.31. The van der Waals surface area contributed by atoms with Gasteiger partial charge in [0, 0.05) is 16.8 Å². The number of ether oxygens (including phenoxy) is 1. The van der Waals surface area contributed by atoms with E-state index in [2.05, 4.69) is 10.6 Å². The summed E-state index contributed by atoms with van der Waals surface area (Å²) in [6.45, 7) is 2.04. The summed E-state index contributed by atoms with van der Waals surface area (Å²) < 4.78 is 5.25.